The molecule has 0 aliphatic carbocycles. The van der Waals surface area contributed by atoms with Gasteiger partial charge in [0, 0.05) is 7.05 Å². The molecule has 0 radical (unpaired) electrons. The molecule has 0 unspecified atom stereocenters. The Morgan fingerprint density at radius 3 is 2.09 bits per heavy atom. The predicted molar refractivity (Wildman–Crippen MR) is 102 cm³/mol. The highest BCUT2D eigenvalue weighted by molar-refractivity contribution is 8.26. The largest absolute Gasteiger partial charge is 0.296 e. The molecule has 3 aromatic rings. The second-order valence-electron chi connectivity index (χ2n) is 5.47. The van der Waals surface area contributed by atoms with Gasteiger partial charge in [-0.15, -0.1) is 0 Å². The summed E-state index contributed by atoms with van der Waals surface area (Å²) in [5.74, 6) is -0.0305. The van der Waals surface area contributed by atoms with Crippen LogP contribution in [0, 0.1) is 0 Å². The number of fused-ring (bicyclic) bond motifs is 2. The first-order chi connectivity index (χ1) is 11.1. The molecule has 4 heteroatoms. The summed E-state index contributed by atoms with van der Waals surface area (Å²) in [6.07, 6.45) is 1.98. The van der Waals surface area contributed by atoms with Crippen molar-refractivity contribution in [1.82, 2.24) is 4.90 Å². The van der Waals surface area contributed by atoms with Crippen LogP contribution in [-0.4, -0.2) is 22.2 Å². The number of carbonyl (C=O) groups excluding carboxylic acids is 1. The molecule has 23 heavy (non-hydrogen) atoms. The number of carbonyl (C=O) groups is 1. The summed E-state index contributed by atoms with van der Waals surface area (Å²) in [4.78, 5) is 14.5. The van der Waals surface area contributed by atoms with Crippen molar-refractivity contribution >= 4 is 61.8 Å². The normalized spacial score (nSPS) is 16.9. The molecule has 1 fully saturated rings. The standard InChI is InChI=1S/C19H13NOS2/c1-20-18(21)17(23-19(20)22)11-16-14-8-4-2-6-12(14)10-13-7-3-5-9-15(13)16/h2-11H,1H3. The lowest BCUT2D eigenvalue weighted by molar-refractivity contribution is -0.121. The second-order valence-corrected chi connectivity index (χ2v) is 7.15. The van der Waals surface area contributed by atoms with E-state index in [0.717, 1.165) is 16.3 Å². The van der Waals surface area contributed by atoms with Crippen molar-refractivity contribution < 1.29 is 4.79 Å². The molecule has 1 heterocycles. The van der Waals surface area contributed by atoms with Crippen LogP contribution in [0.15, 0.2) is 59.5 Å². The fourth-order valence-corrected chi connectivity index (χ4v) is 4.04. The minimum Gasteiger partial charge on any atom is -0.296 e. The first-order valence-electron chi connectivity index (χ1n) is 7.27. The molecule has 2 nitrogen and oxygen atoms in total. The van der Waals surface area contributed by atoms with E-state index in [4.69, 9.17) is 12.2 Å². The van der Waals surface area contributed by atoms with Crippen LogP contribution >= 0.6 is 24.0 Å². The van der Waals surface area contributed by atoms with Gasteiger partial charge in [-0.25, -0.2) is 0 Å². The smallest absolute Gasteiger partial charge is 0.265 e. The van der Waals surface area contributed by atoms with Crippen LogP contribution in [0.4, 0.5) is 0 Å². The Morgan fingerprint density at radius 2 is 1.57 bits per heavy atom. The summed E-state index contributed by atoms with van der Waals surface area (Å²) in [5, 5.41) is 4.63. The third-order valence-corrected chi connectivity index (χ3v) is 5.56. The number of nitrogens with zero attached hydrogens (tertiary/aromatic N) is 1. The molecule has 1 aliphatic heterocycles. The third-order valence-electron chi connectivity index (χ3n) is 4.07. The SMILES string of the molecule is CN1C(=O)C(=Cc2c3ccccc3cc3ccccc23)SC1=S. The number of rotatable bonds is 1. The van der Waals surface area contributed by atoms with Crippen molar-refractivity contribution in [3.8, 4) is 0 Å². The Hall–Kier alpha value is -2.17. The molecular formula is C19H13NOS2. The van der Waals surface area contributed by atoms with Gasteiger partial charge in [0.2, 0.25) is 0 Å². The fraction of sp³-hybridized carbons (Fsp3) is 0.0526. The maximum absolute atomic E-state index is 12.3. The molecule has 0 N–H and O–H groups in total. The van der Waals surface area contributed by atoms with E-state index >= 15 is 0 Å². The van der Waals surface area contributed by atoms with E-state index in [1.807, 2.05) is 30.3 Å². The highest BCUT2D eigenvalue weighted by Gasteiger charge is 2.29. The second kappa shape index (κ2) is 5.48. The van der Waals surface area contributed by atoms with E-state index in [2.05, 4.69) is 30.3 Å². The predicted octanol–water partition coefficient (Wildman–Crippen LogP) is 4.82. The van der Waals surface area contributed by atoms with Crippen LogP contribution in [0.5, 0.6) is 0 Å². The van der Waals surface area contributed by atoms with E-state index < -0.39 is 0 Å². The van der Waals surface area contributed by atoms with Gasteiger partial charge >= 0.3 is 0 Å². The quantitative estimate of drug-likeness (QED) is 0.361. The number of hydrogen-bond donors (Lipinski definition) is 0. The zero-order valence-corrected chi connectivity index (χ0v) is 14.1. The summed E-state index contributed by atoms with van der Waals surface area (Å²) in [5.41, 5.74) is 1.08. The number of thiocarbonyl (C=S) groups is 1. The average Bonchev–Trinajstić information content (AvgIpc) is 2.81. The number of benzene rings is 3. The van der Waals surface area contributed by atoms with Gasteiger partial charge in [-0.3, -0.25) is 9.69 Å². The van der Waals surface area contributed by atoms with Crippen LogP contribution < -0.4 is 0 Å². The zero-order chi connectivity index (χ0) is 16.0. The maximum atomic E-state index is 12.3. The lowest BCUT2D eigenvalue weighted by Crippen LogP contribution is -2.22. The first-order valence-corrected chi connectivity index (χ1v) is 8.50. The number of likely N-dealkylation sites (N-methyl/N-ethyl adjacent to an activating group) is 1. The Labute approximate surface area is 143 Å². The van der Waals surface area contributed by atoms with Crippen molar-refractivity contribution in [2.75, 3.05) is 7.05 Å². The van der Waals surface area contributed by atoms with Gasteiger partial charge in [0.05, 0.1) is 4.91 Å². The van der Waals surface area contributed by atoms with Crippen molar-refractivity contribution in [2.24, 2.45) is 0 Å². The fourth-order valence-electron chi connectivity index (χ4n) is 2.88. The monoisotopic (exact) mass is 335 g/mol. The van der Waals surface area contributed by atoms with E-state index in [1.54, 1.807) is 7.05 Å². The molecular weight excluding hydrogens is 322 g/mol. The molecule has 4 rings (SSSR count). The number of hydrogen-bond acceptors (Lipinski definition) is 3. The van der Waals surface area contributed by atoms with Gasteiger partial charge in [-0.05, 0) is 39.3 Å². The van der Waals surface area contributed by atoms with Gasteiger partial charge < -0.3 is 0 Å². The van der Waals surface area contributed by atoms with Gasteiger partial charge in [0.15, 0.2) is 0 Å². The lowest BCUT2D eigenvalue weighted by Gasteiger charge is -2.09. The number of amides is 1. The van der Waals surface area contributed by atoms with Crippen molar-refractivity contribution in [1.29, 1.82) is 0 Å². The molecule has 1 saturated heterocycles. The first kappa shape index (κ1) is 14.4. The van der Waals surface area contributed by atoms with Crippen LogP contribution in [0.2, 0.25) is 0 Å². The summed E-state index contributed by atoms with van der Waals surface area (Å²) in [6.45, 7) is 0. The van der Waals surface area contributed by atoms with Crippen molar-refractivity contribution in [3.63, 3.8) is 0 Å². The third kappa shape index (κ3) is 2.35. The molecule has 112 valence electrons. The molecule has 3 aromatic carbocycles. The summed E-state index contributed by atoms with van der Waals surface area (Å²) in [6, 6.07) is 18.7. The van der Waals surface area contributed by atoms with Crippen LogP contribution in [0.1, 0.15) is 5.56 Å². The Balaban J connectivity index is 2.04. The van der Waals surface area contributed by atoms with E-state index in [1.165, 1.54) is 27.4 Å². The van der Waals surface area contributed by atoms with Crippen molar-refractivity contribution in [3.05, 3.63) is 65.1 Å². The zero-order valence-electron chi connectivity index (χ0n) is 12.4. The Morgan fingerprint density at radius 1 is 1.00 bits per heavy atom. The topological polar surface area (TPSA) is 20.3 Å². The van der Waals surface area contributed by atoms with E-state index in [-0.39, 0.29) is 5.91 Å². The summed E-state index contributed by atoms with van der Waals surface area (Å²) >= 11 is 6.59. The van der Waals surface area contributed by atoms with Crippen LogP contribution in [0.25, 0.3) is 27.6 Å². The van der Waals surface area contributed by atoms with Crippen LogP contribution in [0.3, 0.4) is 0 Å². The average molecular weight is 335 g/mol. The molecule has 0 atom stereocenters. The van der Waals surface area contributed by atoms with E-state index in [9.17, 15) is 4.79 Å². The molecule has 0 bridgehead atoms. The molecule has 1 amide bonds. The van der Waals surface area contributed by atoms with Gasteiger partial charge in [0.1, 0.15) is 4.32 Å². The minimum atomic E-state index is -0.0305. The van der Waals surface area contributed by atoms with Gasteiger partial charge in [0.25, 0.3) is 5.91 Å². The van der Waals surface area contributed by atoms with Gasteiger partial charge in [-0.1, -0.05) is 72.5 Å². The summed E-state index contributed by atoms with van der Waals surface area (Å²) < 4.78 is 0.603. The molecule has 1 aliphatic rings. The van der Waals surface area contributed by atoms with E-state index in [0.29, 0.717) is 9.23 Å². The highest BCUT2D eigenvalue weighted by atomic mass is 32.2. The van der Waals surface area contributed by atoms with Gasteiger partial charge in [-0.2, -0.15) is 0 Å². The lowest BCUT2D eigenvalue weighted by atomic mass is 9.96. The minimum absolute atomic E-state index is 0.0305. The molecule has 0 spiro atoms. The highest BCUT2D eigenvalue weighted by Crippen LogP contribution is 2.35. The Kier molecular flexibility index (Phi) is 3.43. The molecule has 0 saturated carbocycles. The van der Waals surface area contributed by atoms with Crippen molar-refractivity contribution in [2.45, 2.75) is 0 Å². The Bertz CT molecular complexity index is 953. The van der Waals surface area contributed by atoms with Crippen LogP contribution in [-0.2, 0) is 4.79 Å². The summed E-state index contributed by atoms with van der Waals surface area (Å²) in [7, 11) is 1.72. The molecule has 0 aromatic heterocycles. The number of thioether (sulfide) groups is 1. The maximum Gasteiger partial charge on any atom is 0.265 e.